The average molecular weight is 298 g/mol. The Kier molecular flexibility index (Phi) is 6.22. The molecular formula is C12H18N4OS2. The van der Waals surface area contributed by atoms with E-state index >= 15 is 0 Å². The van der Waals surface area contributed by atoms with Gasteiger partial charge >= 0.3 is 0 Å². The van der Waals surface area contributed by atoms with Crippen molar-refractivity contribution >= 4 is 34.9 Å². The summed E-state index contributed by atoms with van der Waals surface area (Å²) in [7, 11) is 0. The molecule has 0 spiro atoms. The highest BCUT2D eigenvalue weighted by atomic mass is 32.1. The van der Waals surface area contributed by atoms with Crippen LogP contribution in [0.4, 0.5) is 0 Å². The van der Waals surface area contributed by atoms with Gasteiger partial charge in [0.1, 0.15) is 0 Å². The Morgan fingerprint density at radius 3 is 3.11 bits per heavy atom. The van der Waals surface area contributed by atoms with Gasteiger partial charge in [0.15, 0.2) is 5.11 Å². The predicted molar refractivity (Wildman–Crippen MR) is 82.9 cm³/mol. The molecule has 19 heavy (non-hydrogen) atoms. The van der Waals surface area contributed by atoms with Gasteiger partial charge in [0.2, 0.25) is 0 Å². The van der Waals surface area contributed by atoms with E-state index in [2.05, 4.69) is 20.7 Å². The summed E-state index contributed by atoms with van der Waals surface area (Å²) in [6, 6.07) is 2.00. The van der Waals surface area contributed by atoms with Crippen LogP contribution in [0.15, 0.2) is 21.9 Å². The van der Waals surface area contributed by atoms with Gasteiger partial charge in [-0.15, -0.1) is 0 Å². The Bertz CT molecular complexity index is 402. The molecule has 1 fully saturated rings. The van der Waals surface area contributed by atoms with Gasteiger partial charge in [0, 0.05) is 31.7 Å². The van der Waals surface area contributed by atoms with E-state index in [0.717, 1.165) is 45.0 Å². The first-order chi connectivity index (χ1) is 9.34. The van der Waals surface area contributed by atoms with Crippen molar-refractivity contribution in [1.82, 2.24) is 15.6 Å². The minimum absolute atomic E-state index is 0.555. The zero-order valence-electron chi connectivity index (χ0n) is 10.7. The van der Waals surface area contributed by atoms with Gasteiger partial charge < -0.3 is 10.1 Å². The average Bonchev–Trinajstić information content (AvgIpc) is 2.93. The summed E-state index contributed by atoms with van der Waals surface area (Å²) < 4.78 is 5.30. The first kappa shape index (κ1) is 14.4. The summed E-state index contributed by atoms with van der Waals surface area (Å²) in [6.45, 7) is 5.44. The van der Waals surface area contributed by atoms with E-state index < -0.39 is 0 Å². The molecule has 0 radical (unpaired) electrons. The van der Waals surface area contributed by atoms with Crippen molar-refractivity contribution in [2.24, 2.45) is 5.10 Å². The molecule has 0 aliphatic carbocycles. The van der Waals surface area contributed by atoms with Crippen molar-refractivity contribution in [3.8, 4) is 0 Å². The second-order valence-corrected chi connectivity index (χ2v) is 5.32. The molecule has 104 valence electrons. The monoisotopic (exact) mass is 298 g/mol. The van der Waals surface area contributed by atoms with Gasteiger partial charge in [-0.1, -0.05) is 0 Å². The van der Waals surface area contributed by atoms with Crippen LogP contribution in [0.3, 0.4) is 0 Å². The molecule has 1 aromatic rings. The Labute approximate surface area is 122 Å². The summed E-state index contributed by atoms with van der Waals surface area (Å²) >= 11 is 6.78. The normalized spacial score (nSPS) is 16.6. The van der Waals surface area contributed by atoms with Crippen LogP contribution in [0.25, 0.3) is 0 Å². The van der Waals surface area contributed by atoms with Crippen molar-refractivity contribution in [3.63, 3.8) is 0 Å². The molecule has 1 aliphatic heterocycles. The first-order valence-electron chi connectivity index (χ1n) is 6.24. The SMILES string of the molecule is S=C(NCCN1CCOCC1)N/N=C\c1ccsc1. The maximum atomic E-state index is 5.30. The summed E-state index contributed by atoms with van der Waals surface area (Å²) in [6.07, 6.45) is 1.76. The van der Waals surface area contributed by atoms with Crippen molar-refractivity contribution in [2.45, 2.75) is 0 Å². The number of hydrogen-bond donors (Lipinski definition) is 2. The van der Waals surface area contributed by atoms with Crippen LogP contribution in [0.2, 0.25) is 0 Å². The van der Waals surface area contributed by atoms with Gasteiger partial charge in [-0.05, 0) is 29.0 Å². The Morgan fingerprint density at radius 2 is 2.37 bits per heavy atom. The van der Waals surface area contributed by atoms with E-state index in [-0.39, 0.29) is 0 Å². The zero-order chi connectivity index (χ0) is 13.3. The molecule has 0 saturated carbocycles. The Morgan fingerprint density at radius 1 is 1.53 bits per heavy atom. The van der Waals surface area contributed by atoms with Gasteiger partial charge in [-0.25, -0.2) is 0 Å². The maximum absolute atomic E-state index is 5.30. The minimum atomic E-state index is 0.555. The van der Waals surface area contributed by atoms with Gasteiger partial charge in [-0.3, -0.25) is 10.3 Å². The number of hydrogen-bond acceptors (Lipinski definition) is 5. The van der Waals surface area contributed by atoms with Crippen LogP contribution in [-0.4, -0.2) is 55.6 Å². The highest BCUT2D eigenvalue weighted by Crippen LogP contribution is 2.01. The smallest absolute Gasteiger partial charge is 0.187 e. The third-order valence-corrected chi connectivity index (χ3v) is 3.68. The molecule has 0 unspecified atom stereocenters. The van der Waals surface area contributed by atoms with Gasteiger partial charge in [-0.2, -0.15) is 16.4 Å². The van der Waals surface area contributed by atoms with Crippen molar-refractivity contribution in [2.75, 3.05) is 39.4 Å². The summed E-state index contributed by atoms with van der Waals surface area (Å²) in [5.41, 5.74) is 3.89. The van der Waals surface area contributed by atoms with Crippen LogP contribution in [0, 0.1) is 0 Å². The summed E-state index contributed by atoms with van der Waals surface area (Å²) in [4.78, 5) is 2.35. The quantitative estimate of drug-likeness (QED) is 0.480. The van der Waals surface area contributed by atoms with Crippen molar-refractivity contribution < 1.29 is 4.74 Å². The van der Waals surface area contributed by atoms with E-state index in [9.17, 15) is 0 Å². The molecule has 2 N–H and O–H groups in total. The number of thiocarbonyl (C=S) groups is 1. The fourth-order valence-electron chi connectivity index (χ4n) is 1.71. The van der Waals surface area contributed by atoms with E-state index in [4.69, 9.17) is 17.0 Å². The predicted octanol–water partition coefficient (Wildman–Crippen LogP) is 0.878. The number of rotatable bonds is 5. The lowest BCUT2D eigenvalue weighted by Gasteiger charge is -2.26. The molecule has 5 nitrogen and oxygen atoms in total. The second kappa shape index (κ2) is 8.21. The third-order valence-electron chi connectivity index (χ3n) is 2.74. The molecule has 1 aliphatic rings. The van der Waals surface area contributed by atoms with Gasteiger partial charge in [0.25, 0.3) is 0 Å². The molecule has 0 bridgehead atoms. The molecule has 2 heterocycles. The number of thiophene rings is 1. The highest BCUT2D eigenvalue weighted by Gasteiger charge is 2.09. The number of morpholine rings is 1. The first-order valence-corrected chi connectivity index (χ1v) is 7.59. The number of ether oxygens (including phenoxy) is 1. The van der Waals surface area contributed by atoms with E-state index in [1.54, 1.807) is 17.6 Å². The maximum Gasteiger partial charge on any atom is 0.187 e. The zero-order valence-corrected chi connectivity index (χ0v) is 12.3. The fraction of sp³-hybridized carbons (Fsp3) is 0.500. The van der Waals surface area contributed by atoms with Crippen LogP contribution in [-0.2, 0) is 4.74 Å². The Hall–Kier alpha value is -1.02. The molecule has 0 aromatic carbocycles. The largest absolute Gasteiger partial charge is 0.379 e. The van der Waals surface area contributed by atoms with Crippen LogP contribution in [0.1, 0.15) is 5.56 Å². The number of hydrazone groups is 1. The molecule has 7 heteroatoms. The van der Waals surface area contributed by atoms with E-state index in [1.807, 2.05) is 16.8 Å². The molecule has 1 aromatic heterocycles. The van der Waals surface area contributed by atoms with E-state index in [1.165, 1.54) is 0 Å². The lowest BCUT2D eigenvalue weighted by Crippen LogP contribution is -2.42. The lowest BCUT2D eigenvalue weighted by molar-refractivity contribution is 0.0389. The third kappa shape index (κ3) is 5.65. The van der Waals surface area contributed by atoms with Crippen molar-refractivity contribution in [3.05, 3.63) is 22.4 Å². The standard InChI is InChI=1S/C12H18N4OS2/c18-12(15-14-9-11-1-8-19-10-11)13-2-3-16-4-6-17-7-5-16/h1,8-10H,2-7H2,(H2,13,15,18)/b14-9-. The van der Waals surface area contributed by atoms with Crippen molar-refractivity contribution in [1.29, 1.82) is 0 Å². The molecule has 2 rings (SSSR count). The van der Waals surface area contributed by atoms with Crippen LogP contribution >= 0.6 is 23.6 Å². The fourth-order valence-corrected chi connectivity index (χ4v) is 2.47. The summed E-state index contributed by atoms with van der Waals surface area (Å²) in [5, 5.41) is 11.8. The van der Waals surface area contributed by atoms with Crippen LogP contribution < -0.4 is 10.7 Å². The molecule has 0 amide bonds. The molecule has 0 atom stereocenters. The topological polar surface area (TPSA) is 48.9 Å². The highest BCUT2D eigenvalue weighted by molar-refractivity contribution is 7.80. The minimum Gasteiger partial charge on any atom is -0.379 e. The number of nitrogens with zero attached hydrogens (tertiary/aromatic N) is 2. The molecule has 1 saturated heterocycles. The molecular weight excluding hydrogens is 280 g/mol. The number of nitrogens with one attached hydrogen (secondary N) is 2. The Balaban J connectivity index is 1.56. The van der Waals surface area contributed by atoms with E-state index in [0.29, 0.717) is 5.11 Å². The van der Waals surface area contributed by atoms with Crippen LogP contribution in [0.5, 0.6) is 0 Å². The second-order valence-electron chi connectivity index (χ2n) is 4.14. The lowest BCUT2D eigenvalue weighted by atomic mass is 10.4. The summed E-state index contributed by atoms with van der Waals surface area (Å²) in [5.74, 6) is 0. The van der Waals surface area contributed by atoms with Gasteiger partial charge in [0.05, 0.1) is 19.4 Å².